The molecule has 0 saturated carbocycles. The van der Waals surface area contributed by atoms with Gasteiger partial charge in [0.2, 0.25) is 0 Å². The maximum atomic E-state index is 12.1. The summed E-state index contributed by atoms with van der Waals surface area (Å²) < 4.78 is 10.2. The van der Waals surface area contributed by atoms with Gasteiger partial charge in [0.15, 0.2) is 0 Å². The smallest absolute Gasteiger partial charge is 0.339 e. The number of phenolic OH excluding ortho intramolecular Hbond substituents is 1. The van der Waals surface area contributed by atoms with E-state index >= 15 is 0 Å². The third kappa shape index (κ3) is 6.38. The van der Waals surface area contributed by atoms with Gasteiger partial charge in [0, 0.05) is 0 Å². The van der Waals surface area contributed by atoms with Gasteiger partial charge < -0.3 is 14.6 Å². The number of allylic oxidation sites excluding steroid dienone is 2. The van der Waals surface area contributed by atoms with E-state index in [4.69, 9.17) is 9.47 Å². The van der Waals surface area contributed by atoms with Crippen molar-refractivity contribution < 1.29 is 24.2 Å². The molecule has 1 rings (SSSR count). The second-order valence-electron chi connectivity index (χ2n) is 4.86. The molecule has 124 valence electrons. The van der Waals surface area contributed by atoms with Crippen molar-refractivity contribution >= 4 is 11.9 Å². The quantitative estimate of drug-likeness (QED) is 0.405. The molecule has 0 atom stereocenters. The predicted molar refractivity (Wildman–Crippen MR) is 87.5 cm³/mol. The Morgan fingerprint density at radius 1 is 0.957 bits per heavy atom. The van der Waals surface area contributed by atoms with Crippen LogP contribution in [0.1, 0.15) is 46.4 Å². The number of hydrogen-bond acceptors (Lipinski definition) is 5. The SMILES string of the molecule is C=CCCCOC(=O)c1ccc(O)cc1C(=O)OCCCC=C. The zero-order valence-corrected chi connectivity index (χ0v) is 13.1. The van der Waals surface area contributed by atoms with E-state index in [0.29, 0.717) is 12.8 Å². The van der Waals surface area contributed by atoms with Crippen LogP contribution in [0, 0.1) is 0 Å². The molecule has 0 aliphatic rings. The van der Waals surface area contributed by atoms with Crippen LogP contribution in [0.25, 0.3) is 0 Å². The molecule has 0 aromatic heterocycles. The van der Waals surface area contributed by atoms with Crippen molar-refractivity contribution in [3.63, 3.8) is 0 Å². The number of benzene rings is 1. The fourth-order valence-electron chi connectivity index (χ4n) is 1.82. The van der Waals surface area contributed by atoms with Crippen LogP contribution in [0.3, 0.4) is 0 Å². The first-order valence-corrected chi connectivity index (χ1v) is 7.49. The van der Waals surface area contributed by atoms with E-state index < -0.39 is 11.9 Å². The van der Waals surface area contributed by atoms with Crippen LogP contribution < -0.4 is 0 Å². The Morgan fingerprint density at radius 2 is 1.48 bits per heavy atom. The van der Waals surface area contributed by atoms with Gasteiger partial charge in [0.25, 0.3) is 0 Å². The van der Waals surface area contributed by atoms with Gasteiger partial charge in [-0.1, -0.05) is 12.2 Å². The number of hydrogen-bond donors (Lipinski definition) is 1. The minimum atomic E-state index is -0.664. The summed E-state index contributed by atoms with van der Waals surface area (Å²) in [6.07, 6.45) is 6.24. The lowest BCUT2D eigenvalue weighted by Gasteiger charge is -2.10. The van der Waals surface area contributed by atoms with Crippen LogP contribution in [0.4, 0.5) is 0 Å². The van der Waals surface area contributed by atoms with E-state index in [1.54, 1.807) is 12.2 Å². The number of esters is 2. The summed E-state index contributed by atoms with van der Waals surface area (Å²) in [5.41, 5.74) is 0.0763. The third-order valence-electron chi connectivity index (χ3n) is 3.01. The molecule has 0 bridgehead atoms. The van der Waals surface area contributed by atoms with Gasteiger partial charge in [-0.3, -0.25) is 0 Å². The molecule has 23 heavy (non-hydrogen) atoms. The molecule has 1 N–H and O–H groups in total. The lowest BCUT2D eigenvalue weighted by Crippen LogP contribution is -2.15. The Hall–Kier alpha value is -2.56. The van der Waals surface area contributed by atoms with Crippen molar-refractivity contribution in [2.24, 2.45) is 0 Å². The third-order valence-corrected chi connectivity index (χ3v) is 3.01. The molecule has 0 saturated heterocycles. The summed E-state index contributed by atoms with van der Waals surface area (Å²) in [7, 11) is 0. The molecule has 0 fully saturated rings. The maximum absolute atomic E-state index is 12.1. The number of aromatic hydroxyl groups is 1. The standard InChI is InChI=1S/C18H22O5/c1-3-5-7-11-22-17(20)15-10-9-14(19)13-16(15)18(21)23-12-8-6-4-2/h3-4,9-10,13,19H,1-2,5-8,11-12H2. The van der Waals surface area contributed by atoms with Gasteiger partial charge in [-0.05, 0) is 43.9 Å². The molecule has 0 aliphatic carbocycles. The number of phenols is 1. The van der Waals surface area contributed by atoms with Gasteiger partial charge in [-0.15, -0.1) is 13.2 Å². The average Bonchev–Trinajstić information content (AvgIpc) is 2.55. The van der Waals surface area contributed by atoms with Gasteiger partial charge in [-0.2, -0.15) is 0 Å². The zero-order chi connectivity index (χ0) is 17.1. The molecule has 0 unspecified atom stereocenters. The largest absolute Gasteiger partial charge is 0.508 e. The van der Waals surface area contributed by atoms with Crippen molar-refractivity contribution in [2.45, 2.75) is 25.7 Å². The number of carbonyl (C=O) groups is 2. The molecular formula is C18H22O5. The number of carbonyl (C=O) groups excluding carboxylic acids is 2. The van der Waals surface area contributed by atoms with Gasteiger partial charge in [-0.25, -0.2) is 9.59 Å². The van der Waals surface area contributed by atoms with Crippen molar-refractivity contribution in [3.8, 4) is 5.75 Å². The van der Waals surface area contributed by atoms with E-state index in [0.717, 1.165) is 12.8 Å². The maximum Gasteiger partial charge on any atom is 0.339 e. The second-order valence-corrected chi connectivity index (χ2v) is 4.86. The van der Waals surface area contributed by atoms with Crippen molar-refractivity contribution in [2.75, 3.05) is 13.2 Å². The van der Waals surface area contributed by atoms with Crippen LogP contribution in [0.15, 0.2) is 43.5 Å². The van der Waals surface area contributed by atoms with E-state index in [1.165, 1.54) is 18.2 Å². The second kappa shape index (κ2) is 10.2. The van der Waals surface area contributed by atoms with Gasteiger partial charge >= 0.3 is 11.9 Å². The van der Waals surface area contributed by atoms with Crippen LogP contribution in [0.5, 0.6) is 5.75 Å². The monoisotopic (exact) mass is 318 g/mol. The lowest BCUT2D eigenvalue weighted by molar-refractivity contribution is 0.0454. The first-order valence-electron chi connectivity index (χ1n) is 7.49. The van der Waals surface area contributed by atoms with Crippen molar-refractivity contribution in [3.05, 3.63) is 54.6 Å². The van der Waals surface area contributed by atoms with Crippen LogP contribution >= 0.6 is 0 Å². The molecule has 0 amide bonds. The van der Waals surface area contributed by atoms with E-state index in [2.05, 4.69) is 13.2 Å². The molecule has 5 nitrogen and oxygen atoms in total. The Kier molecular flexibility index (Phi) is 8.21. The molecule has 0 aliphatic heterocycles. The highest BCUT2D eigenvalue weighted by Crippen LogP contribution is 2.19. The minimum absolute atomic E-state index is 0.00248. The molecule has 1 aromatic carbocycles. The average molecular weight is 318 g/mol. The van der Waals surface area contributed by atoms with Gasteiger partial charge in [0.05, 0.1) is 24.3 Å². The fraction of sp³-hybridized carbons (Fsp3) is 0.333. The topological polar surface area (TPSA) is 72.8 Å². The van der Waals surface area contributed by atoms with E-state index in [-0.39, 0.29) is 30.1 Å². The summed E-state index contributed by atoms with van der Waals surface area (Å²) in [6, 6.07) is 3.89. The zero-order valence-electron chi connectivity index (χ0n) is 13.1. The van der Waals surface area contributed by atoms with Gasteiger partial charge in [0.1, 0.15) is 5.75 Å². The number of ether oxygens (including phenoxy) is 2. The fourth-order valence-corrected chi connectivity index (χ4v) is 1.82. The highest BCUT2D eigenvalue weighted by molar-refractivity contribution is 6.03. The summed E-state index contributed by atoms with van der Waals surface area (Å²) in [6.45, 7) is 7.63. The van der Waals surface area contributed by atoms with Crippen LogP contribution in [-0.2, 0) is 9.47 Å². The number of unbranched alkanes of at least 4 members (excludes halogenated alkanes) is 2. The molecule has 1 aromatic rings. The lowest BCUT2D eigenvalue weighted by atomic mass is 10.1. The van der Waals surface area contributed by atoms with Crippen molar-refractivity contribution in [1.29, 1.82) is 0 Å². The highest BCUT2D eigenvalue weighted by atomic mass is 16.5. The summed E-state index contributed by atoms with van der Waals surface area (Å²) in [5, 5.41) is 9.54. The molecule has 5 heteroatoms. The minimum Gasteiger partial charge on any atom is -0.508 e. The Bertz CT molecular complexity index is 563. The Balaban J connectivity index is 2.75. The van der Waals surface area contributed by atoms with E-state index in [9.17, 15) is 14.7 Å². The summed E-state index contributed by atoms with van der Waals surface area (Å²) in [4.78, 5) is 24.2. The first kappa shape index (κ1) is 18.5. The summed E-state index contributed by atoms with van der Waals surface area (Å²) in [5.74, 6) is -1.40. The Labute approximate surface area is 136 Å². The summed E-state index contributed by atoms with van der Waals surface area (Å²) >= 11 is 0. The first-order chi connectivity index (χ1) is 11.1. The van der Waals surface area contributed by atoms with Crippen LogP contribution in [0.2, 0.25) is 0 Å². The number of rotatable bonds is 10. The van der Waals surface area contributed by atoms with Crippen molar-refractivity contribution in [1.82, 2.24) is 0 Å². The molecule has 0 heterocycles. The highest BCUT2D eigenvalue weighted by Gasteiger charge is 2.20. The normalized spacial score (nSPS) is 9.91. The van der Waals surface area contributed by atoms with Crippen LogP contribution in [-0.4, -0.2) is 30.3 Å². The van der Waals surface area contributed by atoms with E-state index in [1.807, 2.05) is 0 Å². The molecular weight excluding hydrogens is 296 g/mol. The molecule has 0 spiro atoms. The molecule has 0 radical (unpaired) electrons. The predicted octanol–water partition coefficient (Wildman–Crippen LogP) is 3.64. The Morgan fingerprint density at radius 3 is 2.00 bits per heavy atom.